The summed E-state index contributed by atoms with van der Waals surface area (Å²) in [4.78, 5) is 13.7. The molecule has 5 nitrogen and oxygen atoms in total. The second kappa shape index (κ2) is 9.20. The number of halogens is 2. The van der Waals surface area contributed by atoms with Crippen LogP contribution in [0, 0.1) is 0 Å². The Morgan fingerprint density at radius 3 is 2.48 bits per heavy atom. The number of anilines is 1. The van der Waals surface area contributed by atoms with E-state index in [4.69, 9.17) is 9.72 Å². The summed E-state index contributed by atoms with van der Waals surface area (Å²) in [7, 11) is 3.82. The molecule has 0 spiro atoms. The summed E-state index contributed by atoms with van der Waals surface area (Å²) in [6.07, 6.45) is 1.83. The Morgan fingerprint density at radius 2 is 1.78 bits per heavy atom. The van der Waals surface area contributed by atoms with Crippen molar-refractivity contribution in [3.8, 4) is 17.0 Å². The van der Waals surface area contributed by atoms with E-state index in [1.165, 1.54) is 0 Å². The highest BCUT2D eigenvalue weighted by atomic mass is 79.9. The molecule has 0 radical (unpaired) electrons. The van der Waals surface area contributed by atoms with Crippen molar-refractivity contribution in [1.82, 2.24) is 14.9 Å². The molecule has 1 aromatic carbocycles. The molecule has 126 valence electrons. The molecule has 0 amide bonds. The lowest BCUT2D eigenvalue weighted by molar-refractivity contribution is 0.311. The molecule has 0 saturated carbocycles. The van der Waals surface area contributed by atoms with Crippen LogP contribution in [0.1, 0.15) is 0 Å². The molecule has 1 aliphatic heterocycles. The highest BCUT2D eigenvalue weighted by Crippen LogP contribution is 2.23. The Kier molecular flexibility index (Phi) is 7.94. The molecule has 7 heteroatoms. The minimum Gasteiger partial charge on any atom is -0.497 e. The van der Waals surface area contributed by atoms with E-state index in [9.17, 15) is 0 Å². The fraction of sp³-hybridized carbons (Fsp3) is 0.375. The first-order valence-corrected chi connectivity index (χ1v) is 7.17. The van der Waals surface area contributed by atoms with Crippen molar-refractivity contribution in [2.75, 3.05) is 45.2 Å². The largest absolute Gasteiger partial charge is 0.497 e. The van der Waals surface area contributed by atoms with E-state index in [1.54, 1.807) is 7.11 Å². The SMILES string of the molecule is Br.Br.COc1cccc(-c2ccnc(N3CCN(C)CC3)n2)c1. The number of methoxy groups -OCH3 is 1. The maximum Gasteiger partial charge on any atom is 0.225 e. The van der Waals surface area contributed by atoms with E-state index >= 15 is 0 Å². The lowest BCUT2D eigenvalue weighted by Crippen LogP contribution is -2.45. The number of aromatic nitrogens is 2. The Morgan fingerprint density at radius 1 is 1.04 bits per heavy atom. The van der Waals surface area contributed by atoms with Gasteiger partial charge in [0.2, 0.25) is 5.95 Å². The zero-order chi connectivity index (χ0) is 14.7. The quantitative estimate of drug-likeness (QED) is 0.726. The molecule has 1 aliphatic rings. The average molecular weight is 446 g/mol. The first kappa shape index (κ1) is 19.9. The maximum atomic E-state index is 5.28. The first-order chi connectivity index (χ1) is 10.3. The van der Waals surface area contributed by atoms with Crippen molar-refractivity contribution in [3.63, 3.8) is 0 Å². The number of hydrogen-bond acceptors (Lipinski definition) is 5. The number of benzene rings is 1. The zero-order valence-corrected chi connectivity index (χ0v) is 16.7. The first-order valence-electron chi connectivity index (χ1n) is 7.17. The zero-order valence-electron chi connectivity index (χ0n) is 13.3. The van der Waals surface area contributed by atoms with Crippen molar-refractivity contribution >= 4 is 39.9 Å². The normalized spacial score (nSPS) is 14.6. The highest BCUT2D eigenvalue weighted by molar-refractivity contribution is 8.93. The molecule has 0 N–H and O–H groups in total. The van der Waals surface area contributed by atoms with E-state index in [0.29, 0.717) is 0 Å². The van der Waals surface area contributed by atoms with E-state index < -0.39 is 0 Å². The Hall–Kier alpha value is -1.18. The third kappa shape index (κ3) is 4.89. The van der Waals surface area contributed by atoms with Crippen LogP contribution in [0.3, 0.4) is 0 Å². The molecule has 2 heterocycles. The Labute approximate surface area is 158 Å². The van der Waals surface area contributed by atoms with Gasteiger partial charge in [0.1, 0.15) is 5.75 Å². The van der Waals surface area contributed by atoms with E-state index in [1.807, 2.05) is 36.5 Å². The number of nitrogens with zero attached hydrogens (tertiary/aromatic N) is 4. The molecule has 1 fully saturated rings. The fourth-order valence-electron chi connectivity index (χ4n) is 2.45. The van der Waals surface area contributed by atoms with Crippen molar-refractivity contribution in [2.24, 2.45) is 0 Å². The highest BCUT2D eigenvalue weighted by Gasteiger charge is 2.16. The molecule has 1 aromatic heterocycles. The van der Waals surface area contributed by atoms with Crippen LogP contribution >= 0.6 is 34.0 Å². The van der Waals surface area contributed by atoms with Crippen LogP contribution in [-0.4, -0.2) is 55.2 Å². The van der Waals surface area contributed by atoms with Crippen LogP contribution in [-0.2, 0) is 0 Å². The molecule has 0 aliphatic carbocycles. The van der Waals surface area contributed by atoms with Gasteiger partial charge in [0.05, 0.1) is 12.8 Å². The molecule has 0 bridgehead atoms. The Bertz CT molecular complexity index is 619. The standard InChI is InChI=1S/C16H20N4O.2BrH/c1-19-8-10-20(11-9-19)16-17-7-6-15(18-16)13-4-3-5-14(12-13)21-2;;/h3-7,12H,8-11H2,1-2H3;2*1H. The van der Waals surface area contributed by atoms with Crippen molar-refractivity contribution in [1.29, 1.82) is 0 Å². The van der Waals surface area contributed by atoms with Crippen molar-refractivity contribution in [2.45, 2.75) is 0 Å². The van der Waals surface area contributed by atoms with Crippen LogP contribution in [0.25, 0.3) is 11.3 Å². The molecule has 2 aromatic rings. The van der Waals surface area contributed by atoms with Crippen LogP contribution in [0.15, 0.2) is 36.5 Å². The van der Waals surface area contributed by atoms with Crippen LogP contribution in [0.5, 0.6) is 5.75 Å². The smallest absolute Gasteiger partial charge is 0.225 e. The van der Waals surface area contributed by atoms with Gasteiger partial charge < -0.3 is 14.5 Å². The molecule has 0 unspecified atom stereocenters. The van der Waals surface area contributed by atoms with Gasteiger partial charge in [-0.05, 0) is 25.2 Å². The maximum absolute atomic E-state index is 5.28. The Balaban J connectivity index is 0.00000132. The monoisotopic (exact) mass is 444 g/mol. The number of likely N-dealkylation sites (N-methyl/N-ethyl adjacent to an activating group) is 1. The summed E-state index contributed by atoms with van der Waals surface area (Å²) in [6.45, 7) is 4.04. The topological polar surface area (TPSA) is 41.5 Å². The van der Waals surface area contributed by atoms with Gasteiger partial charge in [-0.3, -0.25) is 0 Å². The molecule has 23 heavy (non-hydrogen) atoms. The van der Waals surface area contributed by atoms with Gasteiger partial charge in [0.25, 0.3) is 0 Å². The van der Waals surface area contributed by atoms with Crippen molar-refractivity contribution in [3.05, 3.63) is 36.5 Å². The molecule has 0 atom stereocenters. The molecular formula is C16H22Br2N4O. The third-order valence-electron chi connectivity index (χ3n) is 3.79. The number of rotatable bonds is 3. The summed E-state index contributed by atoms with van der Waals surface area (Å²) in [5.74, 6) is 1.65. The van der Waals surface area contributed by atoms with Crippen LogP contribution in [0.4, 0.5) is 5.95 Å². The minimum atomic E-state index is 0. The molecule has 1 saturated heterocycles. The number of piperazine rings is 1. The van der Waals surface area contributed by atoms with Gasteiger partial charge in [-0.15, -0.1) is 34.0 Å². The van der Waals surface area contributed by atoms with Gasteiger partial charge >= 0.3 is 0 Å². The van der Waals surface area contributed by atoms with Crippen LogP contribution < -0.4 is 9.64 Å². The van der Waals surface area contributed by atoms with Gasteiger partial charge in [-0.2, -0.15) is 0 Å². The van der Waals surface area contributed by atoms with E-state index in [2.05, 4.69) is 21.8 Å². The van der Waals surface area contributed by atoms with E-state index in [0.717, 1.165) is 49.1 Å². The summed E-state index contributed by atoms with van der Waals surface area (Å²) in [6, 6.07) is 9.89. The summed E-state index contributed by atoms with van der Waals surface area (Å²) in [5.41, 5.74) is 1.98. The van der Waals surface area contributed by atoms with Gasteiger partial charge in [0, 0.05) is 37.9 Å². The molecule has 3 rings (SSSR count). The average Bonchev–Trinajstić information content (AvgIpc) is 2.56. The molecular weight excluding hydrogens is 424 g/mol. The predicted molar refractivity (Wildman–Crippen MR) is 104 cm³/mol. The lowest BCUT2D eigenvalue weighted by atomic mass is 10.1. The summed E-state index contributed by atoms with van der Waals surface area (Å²) < 4.78 is 5.28. The minimum absolute atomic E-state index is 0. The number of hydrogen-bond donors (Lipinski definition) is 0. The number of ether oxygens (including phenoxy) is 1. The summed E-state index contributed by atoms with van der Waals surface area (Å²) >= 11 is 0. The third-order valence-corrected chi connectivity index (χ3v) is 3.79. The second-order valence-corrected chi connectivity index (χ2v) is 5.26. The van der Waals surface area contributed by atoms with E-state index in [-0.39, 0.29) is 34.0 Å². The van der Waals surface area contributed by atoms with Gasteiger partial charge in [-0.25, -0.2) is 9.97 Å². The van der Waals surface area contributed by atoms with Crippen molar-refractivity contribution < 1.29 is 4.74 Å². The van der Waals surface area contributed by atoms with Crippen LogP contribution in [0.2, 0.25) is 0 Å². The summed E-state index contributed by atoms with van der Waals surface area (Å²) in [5, 5.41) is 0. The fourth-order valence-corrected chi connectivity index (χ4v) is 2.45. The van der Waals surface area contributed by atoms with Gasteiger partial charge in [-0.1, -0.05) is 12.1 Å². The lowest BCUT2D eigenvalue weighted by Gasteiger charge is -2.32. The van der Waals surface area contributed by atoms with Gasteiger partial charge in [0.15, 0.2) is 0 Å². The second-order valence-electron chi connectivity index (χ2n) is 5.26. The predicted octanol–water partition coefficient (Wildman–Crippen LogP) is 3.06.